The lowest BCUT2D eigenvalue weighted by molar-refractivity contribution is 1.10. The van der Waals surface area contributed by atoms with E-state index in [1.165, 1.54) is 0 Å². The second kappa shape index (κ2) is 3.48. The van der Waals surface area contributed by atoms with Crippen molar-refractivity contribution in [2.75, 3.05) is 5.73 Å². The van der Waals surface area contributed by atoms with E-state index in [0.29, 0.717) is 17.2 Å². The number of aromatic nitrogens is 3. The summed E-state index contributed by atoms with van der Waals surface area (Å²) < 4.78 is 1.58. The molecule has 5 heteroatoms. The maximum Gasteiger partial charge on any atom is 0.291 e. The molecule has 3 N–H and O–H groups in total. The molecule has 0 saturated heterocycles. The van der Waals surface area contributed by atoms with Gasteiger partial charge in [-0.1, -0.05) is 30.3 Å². The summed E-state index contributed by atoms with van der Waals surface area (Å²) in [6, 6.07) is 9.55. The van der Waals surface area contributed by atoms with Gasteiger partial charge in [-0.05, 0) is 0 Å². The summed E-state index contributed by atoms with van der Waals surface area (Å²) >= 11 is 0. The fourth-order valence-corrected chi connectivity index (χ4v) is 1.82. The van der Waals surface area contributed by atoms with Crippen LogP contribution in [0.2, 0.25) is 0 Å². The van der Waals surface area contributed by atoms with Crippen LogP contribution >= 0.6 is 0 Å². The number of nitrogens with two attached hydrogens (primary N) is 1. The maximum absolute atomic E-state index is 11.6. The zero-order chi connectivity index (χ0) is 11.8. The standard InChI is InChI=1S/C12H10N4O/c13-10-9(8-4-2-1-3-5-8)15-11-12(17)14-6-7-16(10)11/h1-7H,13H2,(H,14,17). The quantitative estimate of drug-likeness (QED) is 0.656. The van der Waals surface area contributed by atoms with Gasteiger partial charge < -0.3 is 10.7 Å². The van der Waals surface area contributed by atoms with Crippen LogP contribution in [0.1, 0.15) is 0 Å². The van der Waals surface area contributed by atoms with Crippen molar-refractivity contribution in [3.05, 3.63) is 53.1 Å². The second-order valence-electron chi connectivity index (χ2n) is 3.69. The minimum Gasteiger partial charge on any atom is -0.383 e. The Morgan fingerprint density at radius 3 is 2.71 bits per heavy atom. The number of anilines is 1. The van der Waals surface area contributed by atoms with Crippen molar-refractivity contribution in [2.24, 2.45) is 0 Å². The van der Waals surface area contributed by atoms with E-state index >= 15 is 0 Å². The Bertz CT molecular complexity index is 727. The number of benzene rings is 1. The van der Waals surface area contributed by atoms with Crippen molar-refractivity contribution in [3.63, 3.8) is 0 Å². The summed E-state index contributed by atoms with van der Waals surface area (Å²) in [7, 11) is 0. The molecule has 17 heavy (non-hydrogen) atoms. The third kappa shape index (κ3) is 1.40. The molecule has 0 bridgehead atoms. The van der Waals surface area contributed by atoms with Crippen LogP contribution in [-0.2, 0) is 0 Å². The van der Waals surface area contributed by atoms with Crippen molar-refractivity contribution in [1.29, 1.82) is 0 Å². The molecular weight excluding hydrogens is 216 g/mol. The summed E-state index contributed by atoms with van der Waals surface area (Å²) in [5.74, 6) is 0.470. The molecule has 5 nitrogen and oxygen atoms in total. The lowest BCUT2D eigenvalue weighted by Gasteiger charge is -1.97. The molecule has 0 unspecified atom stereocenters. The van der Waals surface area contributed by atoms with Gasteiger partial charge in [0.05, 0.1) is 0 Å². The number of imidazole rings is 1. The minimum atomic E-state index is -0.249. The van der Waals surface area contributed by atoms with Crippen LogP contribution in [-0.4, -0.2) is 14.4 Å². The van der Waals surface area contributed by atoms with Crippen molar-refractivity contribution < 1.29 is 0 Å². The van der Waals surface area contributed by atoms with Gasteiger partial charge in [0.15, 0.2) is 0 Å². The highest BCUT2D eigenvalue weighted by Crippen LogP contribution is 2.24. The van der Waals surface area contributed by atoms with Gasteiger partial charge in [-0.2, -0.15) is 0 Å². The summed E-state index contributed by atoms with van der Waals surface area (Å²) in [5, 5.41) is 0. The molecule has 0 radical (unpaired) electrons. The lowest BCUT2D eigenvalue weighted by atomic mass is 10.1. The second-order valence-corrected chi connectivity index (χ2v) is 3.69. The summed E-state index contributed by atoms with van der Waals surface area (Å²) in [4.78, 5) is 18.4. The van der Waals surface area contributed by atoms with E-state index in [0.717, 1.165) is 5.56 Å². The molecule has 84 valence electrons. The van der Waals surface area contributed by atoms with Gasteiger partial charge in [-0.3, -0.25) is 9.20 Å². The normalized spacial score (nSPS) is 10.8. The molecule has 0 aliphatic heterocycles. The molecule has 0 spiro atoms. The van der Waals surface area contributed by atoms with Gasteiger partial charge in [-0.25, -0.2) is 4.98 Å². The number of nitrogens with zero attached hydrogens (tertiary/aromatic N) is 2. The summed E-state index contributed by atoms with van der Waals surface area (Å²) in [6.45, 7) is 0. The lowest BCUT2D eigenvalue weighted by Crippen LogP contribution is -2.09. The van der Waals surface area contributed by atoms with Crippen LogP contribution in [0.25, 0.3) is 16.9 Å². The van der Waals surface area contributed by atoms with Gasteiger partial charge in [0.25, 0.3) is 5.56 Å². The fraction of sp³-hybridized carbons (Fsp3) is 0. The Hall–Kier alpha value is -2.56. The molecule has 0 atom stereocenters. The third-order valence-electron chi connectivity index (χ3n) is 2.64. The first kappa shape index (κ1) is 9.65. The van der Waals surface area contributed by atoms with Gasteiger partial charge in [-0.15, -0.1) is 0 Å². The Balaban J connectivity index is 2.36. The largest absolute Gasteiger partial charge is 0.383 e. The number of fused-ring (bicyclic) bond motifs is 1. The number of aromatic amines is 1. The molecule has 0 fully saturated rings. The highest BCUT2D eigenvalue weighted by atomic mass is 16.1. The van der Waals surface area contributed by atoms with Gasteiger partial charge in [0.1, 0.15) is 11.5 Å². The molecule has 0 amide bonds. The fourth-order valence-electron chi connectivity index (χ4n) is 1.82. The third-order valence-corrected chi connectivity index (χ3v) is 2.64. The van der Waals surface area contributed by atoms with Crippen molar-refractivity contribution in [3.8, 4) is 11.3 Å². The van der Waals surface area contributed by atoms with Crippen LogP contribution < -0.4 is 11.3 Å². The zero-order valence-corrected chi connectivity index (χ0v) is 8.92. The highest BCUT2D eigenvalue weighted by Gasteiger charge is 2.12. The predicted molar refractivity (Wildman–Crippen MR) is 65.7 cm³/mol. The molecule has 2 aromatic heterocycles. The van der Waals surface area contributed by atoms with Crippen LogP contribution in [0, 0.1) is 0 Å². The van der Waals surface area contributed by atoms with Crippen LogP contribution in [0.4, 0.5) is 5.82 Å². The van der Waals surface area contributed by atoms with Gasteiger partial charge in [0.2, 0.25) is 5.65 Å². The minimum absolute atomic E-state index is 0.249. The summed E-state index contributed by atoms with van der Waals surface area (Å²) in [5.41, 5.74) is 7.57. The van der Waals surface area contributed by atoms with Crippen LogP contribution in [0.5, 0.6) is 0 Å². The Kier molecular flexibility index (Phi) is 1.98. The Morgan fingerprint density at radius 1 is 1.24 bits per heavy atom. The maximum atomic E-state index is 11.6. The number of hydrogen-bond donors (Lipinski definition) is 2. The molecule has 2 heterocycles. The van der Waals surface area contributed by atoms with E-state index in [2.05, 4.69) is 9.97 Å². The van der Waals surface area contributed by atoms with Crippen LogP contribution in [0.3, 0.4) is 0 Å². The Labute approximate surface area is 96.5 Å². The molecule has 3 aromatic rings. The zero-order valence-electron chi connectivity index (χ0n) is 8.92. The van der Waals surface area contributed by atoms with E-state index in [9.17, 15) is 4.79 Å². The van der Waals surface area contributed by atoms with Gasteiger partial charge in [0, 0.05) is 18.0 Å². The van der Waals surface area contributed by atoms with E-state index in [4.69, 9.17) is 5.73 Å². The number of nitrogen functional groups attached to an aromatic ring is 1. The summed E-state index contributed by atoms with van der Waals surface area (Å²) in [6.07, 6.45) is 3.23. The SMILES string of the molecule is Nc1c(-c2ccccc2)nc2c(=O)[nH]ccn12. The van der Waals surface area contributed by atoms with Gasteiger partial charge >= 0.3 is 0 Å². The molecule has 0 aliphatic carbocycles. The number of H-pyrrole nitrogens is 1. The van der Waals surface area contributed by atoms with Crippen LogP contribution in [0.15, 0.2) is 47.5 Å². The van der Waals surface area contributed by atoms with E-state index < -0.39 is 0 Å². The number of hydrogen-bond acceptors (Lipinski definition) is 3. The predicted octanol–water partition coefficient (Wildman–Crippen LogP) is 1.27. The van der Waals surface area contributed by atoms with Crippen molar-refractivity contribution in [2.45, 2.75) is 0 Å². The molecule has 0 saturated carbocycles. The molecule has 0 aliphatic rings. The average molecular weight is 226 g/mol. The molecular formula is C12H10N4O. The first-order valence-electron chi connectivity index (χ1n) is 5.18. The monoisotopic (exact) mass is 226 g/mol. The smallest absolute Gasteiger partial charge is 0.291 e. The van der Waals surface area contributed by atoms with E-state index in [-0.39, 0.29) is 5.56 Å². The van der Waals surface area contributed by atoms with E-state index in [1.54, 1.807) is 16.8 Å². The van der Waals surface area contributed by atoms with Crippen molar-refractivity contribution in [1.82, 2.24) is 14.4 Å². The first-order valence-corrected chi connectivity index (χ1v) is 5.18. The topological polar surface area (TPSA) is 76.2 Å². The first-order chi connectivity index (χ1) is 8.27. The number of rotatable bonds is 1. The number of nitrogens with one attached hydrogen (secondary N) is 1. The molecule has 1 aromatic carbocycles. The Morgan fingerprint density at radius 2 is 2.00 bits per heavy atom. The average Bonchev–Trinajstić information content (AvgIpc) is 2.70. The van der Waals surface area contributed by atoms with Crippen molar-refractivity contribution >= 4 is 11.5 Å². The molecule has 3 rings (SSSR count). The highest BCUT2D eigenvalue weighted by molar-refractivity contribution is 5.74. The van der Waals surface area contributed by atoms with E-state index in [1.807, 2.05) is 30.3 Å².